The third kappa shape index (κ3) is 6.80. The van der Waals surface area contributed by atoms with Crippen LogP contribution in [0.3, 0.4) is 0 Å². The highest BCUT2D eigenvalue weighted by molar-refractivity contribution is 7.18. The standard InChI is InChI=1S/C26H24ClN5O3S/c1-2-35-22-14-7-6-13-20(22)28-25(34)29-21(15-17-9-4-3-5-10-17)23(33)30-26-32-31-24(36-26)18-11-8-12-19(27)16-18/h3-14,16,21H,2,15H2,1H3,(H2,28,29,34)(H,30,32,33). The Kier molecular flexibility index (Phi) is 8.48. The first-order valence-electron chi connectivity index (χ1n) is 11.3. The number of hydrogen-bond donors (Lipinski definition) is 3. The van der Waals surface area contributed by atoms with E-state index in [-0.39, 0.29) is 6.42 Å². The van der Waals surface area contributed by atoms with Gasteiger partial charge in [-0.3, -0.25) is 10.1 Å². The van der Waals surface area contributed by atoms with E-state index >= 15 is 0 Å². The molecular formula is C26H24ClN5O3S. The molecule has 4 aromatic rings. The Morgan fingerprint density at radius 2 is 1.75 bits per heavy atom. The van der Waals surface area contributed by atoms with Crippen LogP contribution >= 0.6 is 22.9 Å². The van der Waals surface area contributed by atoms with Crippen LogP contribution in [0.4, 0.5) is 15.6 Å². The number of amides is 3. The molecule has 8 nitrogen and oxygen atoms in total. The Morgan fingerprint density at radius 1 is 0.972 bits per heavy atom. The zero-order chi connectivity index (χ0) is 25.3. The van der Waals surface area contributed by atoms with Crippen LogP contribution < -0.4 is 20.7 Å². The maximum absolute atomic E-state index is 13.2. The smallest absolute Gasteiger partial charge is 0.320 e. The first kappa shape index (κ1) is 25.2. The number of hydrogen-bond acceptors (Lipinski definition) is 6. The minimum Gasteiger partial charge on any atom is -0.492 e. The number of halogens is 1. The molecule has 1 heterocycles. The summed E-state index contributed by atoms with van der Waals surface area (Å²) in [5, 5.41) is 18.1. The summed E-state index contributed by atoms with van der Waals surface area (Å²) >= 11 is 7.29. The molecule has 10 heteroatoms. The normalized spacial score (nSPS) is 11.4. The zero-order valence-electron chi connectivity index (χ0n) is 19.4. The number of ether oxygens (including phenoxy) is 1. The van der Waals surface area contributed by atoms with Crippen molar-refractivity contribution in [1.82, 2.24) is 15.5 Å². The number of rotatable bonds is 9. The summed E-state index contributed by atoms with van der Waals surface area (Å²) < 4.78 is 5.57. The number of carbonyl (C=O) groups is 2. The first-order chi connectivity index (χ1) is 17.5. The van der Waals surface area contributed by atoms with E-state index in [4.69, 9.17) is 16.3 Å². The van der Waals surface area contributed by atoms with Gasteiger partial charge >= 0.3 is 6.03 Å². The number of para-hydroxylation sites is 2. The summed E-state index contributed by atoms with van der Waals surface area (Å²) in [6.07, 6.45) is 0.285. The Labute approximate surface area is 217 Å². The lowest BCUT2D eigenvalue weighted by atomic mass is 10.1. The van der Waals surface area contributed by atoms with Crippen LogP contribution in [0.15, 0.2) is 78.9 Å². The summed E-state index contributed by atoms with van der Waals surface area (Å²) in [6, 6.07) is 22.4. The fourth-order valence-electron chi connectivity index (χ4n) is 3.43. The third-order valence-electron chi connectivity index (χ3n) is 5.07. The molecule has 0 saturated carbocycles. The molecule has 3 aromatic carbocycles. The van der Waals surface area contributed by atoms with E-state index in [1.54, 1.807) is 30.3 Å². The van der Waals surface area contributed by atoms with Gasteiger partial charge in [-0.25, -0.2) is 4.79 Å². The highest BCUT2D eigenvalue weighted by Gasteiger charge is 2.23. The Hall–Kier alpha value is -3.95. The number of urea groups is 1. The van der Waals surface area contributed by atoms with Crippen molar-refractivity contribution >= 4 is 45.7 Å². The van der Waals surface area contributed by atoms with Gasteiger partial charge in [-0.15, -0.1) is 10.2 Å². The maximum Gasteiger partial charge on any atom is 0.320 e. The van der Waals surface area contributed by atoms with Crippen molar-refractivity contribution in [2.24, 2.45) is 0 Å². The zero-order valence-corrected chi connectivity index (χ0v) is 21.0. The molecule has 0 saturated heterocycles. The average molecular weight is 522 g/mol. The quantitative estimate of drug-likeness (QED) is 0.265. The monoisotopic (exact) mass is 521 g/mol. The van der Waals surface area contributed by atoms with Crippen molar-refractivity contribution in [3.63, 3.8) is 0 Å². The van der Waals surface area contributed by atoms with Crippen molar-refractivity contribution < 1.29 is 14.3 Å². The molecule has 1 atom stereocenters. The summed E-state index contributed by atoms with van der Waals surface area (Å²) in [4.78, 5) is 26.1. The fourth-order valence-corrected chi connectivity index (χ4v) is 4.36. The van der Waals surface area contributed by atoms with Gasteiger partial charge in [-0.2, -0.15) is 0 Å². The molecular weight excluding hydrogens is 498 g/mol. The number of nitrogens with one attached hydrogen (secondary N) is 3. The van der Waals surface area contributed by atoms with E-state index in [0.29, 0.717) is 33.2 Å². The lowest BCUT2D eigenvalue weighted by Gasteiger charge is -2.19. The second-order valence-electron chi connectivity index (χ2n) is 7.68. The lowest BCUT2D eigenvalue weighted by molar-refractivity contribution is -0.117. The first-order valence-corrected chi connectivity index (χ1v) is 12.4. The number of carbonyl (C=O) groups excluding carboxylic acids is 2. The van der Waals surface area contributed by atoms with E-state index in [1.807, 2.05) is 55.5 Å². The minimum absolute atomic E-state index is 0.285. The van der Waals surface area contributed by atoms with Gasteiger partial charge in [-0.1, -0.05) is 77.5 Å². The average Bonchev–Trinajstić information content (AvgIpc) is 3.34. The number of aromatic nitrogens is 2. The number of nitrogens with zero attached hydrogens (tertiary/aromatic N) is 2. The van der Waals surface area contributed by atoms with Crippen LogP contribution in [0, 0.1) is 0 Å². The van der Waals surface area contributed by atoms with Gasteiger partial charge in [0.2, 0.25) is 11.0 Å². The molecule has 3 amide bonds. The summed E-state index contributed by atoms with van der Waals surface area (Å²) in [5.74, 6) is 0.127. The van der Waals surface area contributed by atoms with Crippen LogP contribution in [-0.4, -0.2) is 34.8 Å². The lowest BCUT2D eigenvalue weighted by Crippen LogP contribution is -2.47. The minimum atomic E-state index is -0.870. The molecule has 0 aliphatic rings. The van der Waals surface area contributed by atoms with E-state index in [1.165, 1.54) is 11.3 Å². The van der Waals surface area contributed by atoms with Crippen LogP contribution in [-0.2, 0) is 11.2 Å². The SMILES string of the molecule is CCOc1ccccc1NC(=O)NC(Cc1ccccc1)C(=O)Nc1nnc(-c2cccc(Cl)c2)s1. The fraction of sp³-hybridized carbons (Fsp3) is 0.154. The molecule has 0 bridgehead atoms. The highest BCUT2D eigenvalue weighted by Crippen LogP contribution is 2.28. The number of benzene rings is 3. The molecule has 184 valence electrons. The van der Waals surface area contributed by atoms with Crippen molar-refractivity contribution in [3.8, 4) is 16.3 Å². The maximum atomic E-state index is 13.2. The van der Waals surface area contributed by atoms with Crippen molar-refractivity contribution in [2.45, 2.75) is 19.4 Å². The van der Waals surface area contributed by atoms with Gasteiger partial charge in [0.15, 0.2) is 0 Å². The molecule has 0 aliphatic carbocycles. The molecule has 3 N–H and O–H groups in total. The highest BCUT2D eigenvalue weighted by atomic mass is 35.5. The second-order valence-corrected chi connectivity index (χ2v) is 9.10. The molecule has 1 unspecified atom stereocenters. The summed E-state index contributed by atoms with van der Waals surface area (Å²) in [6.45, 7) is 2.32. The van der Waals surface area contributed by atoms with Crippen molar-refractivity contribution in [1.29, 1.82) is 0 Å². The molecule has 0 aliphatic heterocycles. The van der Waals surface area contributed by atoms with Gasteiger partial charge in [0.1, 0.15) is 16.8 Å². The van der Waals surface area contributed by atoms with Gasteiger partial charge in [0.05, 0.1) is 12.3 Å². The van der Waals surface area contributed by atoms with E-state index < -0.39 is 18.0 Å². The third-order valence-corrected chi connectivity index (χ3v) is 6.19. The molecule has 0 fully saturated rings. The Bertz CT molecular complexity index is 1330. The van der Waals surface area contributed by atoms with Crippen molar-refractivity contribution in [3.05, 3.63) is 89.4 Å². The Morgan fingerprint density at radius 3 is 2.53 bits per heavy atom. The predicted molar refractivity (Wildman–Crippen MR) is 143 cm³/mol. The van der Waals surface area contributed by atoms with Crippen LogP contribution in [0.1, 0.15) is 12.5 Å². The van der Waals surface area contributed by atoms with E-state index in [2.05, 4.69) is 26.1 Å². The van der Waals surface area contributed by atoms with Gasteiger partial charge in [-0.05, 0) is 36.8 Å². The molecule has 0 radical (unpaired) electrons. The van der Waals surface area contributed by atoms with E-state index in [0.717, 1.165) is 11.1 Å². The number of anilines is 2. The van der Waals surface area contributed by atoms with Crippen LogP contribution in [0.5, 0.6) is 5.75 Å². The summed E-state index contributed by atoms with van der Waals surface area (Å²) in [5.41, 5.74) is 2.20. The topological polar surface area (TPSA) is 105 Å². The Balaban J connectivity index is 1.48. The summed E-state index contributed by atoms with van der Waals surface area (Å²) in [7, 11) is 0. The molecule has 1 aromatic heterocycles. The molecule has 0 spiro atoms. The van der Waals surface area contributed by atoms with Gasteiger partial charge in [0, 0.05) is 17.0 Å². The largest absolute Gasteiger partial charge is 0.492 e. The molecule has 36 heavy (non-hydrogen) atoms. The van der Waals surface area contributed by atoms with Gasteiger partial charge in [0.25, 0.3) is 0 Å². The van der Waals surface area contributed by atoms with E-state index in [9.17, 15) is 9.59 Å². The van der Waals surface area contributed by atoms with Crippen molar-refractivity contribution in [2.75, 3.05) is 17.2 Å². The second kappa shape index (κ2) is 12.1. The van der Waals surface area contributed by atoms with Crippen LogP contribution in [0.25, 0.3) is 10.6 Å². The van der Waals surface area contributed by atoms with Crippen LogP contribution in [0.2, 0.25) is 5.02 Å². The molecule has 4 rings (SSSR count). The van der Waals surface area contributed by atoms with Gasteiger partial charge < -0.3 is 15.4 Å². The predicted octanol–water partition coefficient (Wildman–Crippen LogP) is 5.63.